The van der Waals surface area contributed by atoms with Crippen molar-refractivity contribution < 1.29 is 32.6 Å². The van der Waals surface area contributed by atoms with Gasteiger partial charge in [0.2, 0.25) is 5.91 Å². The monoisotopic (exact) mass is 269 g/mol. The van der Waals surface area contributed by atoms with Gasteiger partial charge >= 0.3 is 12.1 Å². The minimum atomic E-state index is -4.87. The molecule has 1 N–H and O–H groups in total. The standard InChI is InChI=1S/C10H14F3NO4/c1-18-5-2-7(15)14-4-3-9(6-14,8(16)17)10(11,12)13/h2-6H2,1H3,(H,16,17). The zero-order valence-corrected chi connectivity index (χ0v) is 9.79. The number of carboxylic acids is 1. The van der Waals surface area contributed by atoms with Gasteiger partial charge in [-0.25, -0.2) is 0 Å². The Labute approximate surface area is 102 Å². The van der Waals surface area contributed by atoms with Crippen molar-refractivity contribution in [1.82, 2.24) is 4.90 Å². The third-order valence-electron chi connectivity index (χ3n) is 3.09. The Morgan fingerprint density at radius 3 is 2.44 bits per heavy atom. The number of alkyl halides is 3. The summed E-state index contributed by atoms with van der Waals surface area (Å²) in [5.41, 5.74) is -2.84. The highest BCUT2D eigenvalue weighted by atomic mass is 19.4. The van der Waals surface area contributed by atoms with Crippen LogP contribution < -0.4 is 0 Å². The molecule has 0 aromatic heterocycles. The van der Waals surface area contributed by atoms with Crippen LogP contribution in [0.15, 0.2) is 0 Å². The van der Waals surface area contributed by atoms with Gasteiger partial charge in [-0.3, -0.25) is 9.59 Å². The third-order valence-corrected chi connectivity index (χ3v) is 3.09. The van der Waals surface area contributed by atoms with Gasteiger partial charge in [0, 0.05) is 20.2 Å². The quantitative estimate of drug-likeness (QED) is 0.823. The number of ether oxygens (including phenoxy) is 1. The first kappa shape index (κ1) is 14.7. The minimum Gasteiger partial charge on any atom is -0.481 e. The van der Waals surface area contributed by atoms with E-state index < -0.39 is 36.4 Å². The summed E-state index contributed by atoms with van der Waals surface area (Å²) in [6.45, 7) is -0.926. The number of rotatable bonds is 4. The van der Waals surface area contributed by atoms with Crippen molar-refractivity contribution >= 4 is 11.9 Å². The van der Waals surface area contributed by atoms with E-state index in [1.165, 1.54) is 7.11 Å². The lowest BCUT2D eigenvalue weighted by atomic mass is 9.86. The smallest absolute Gasteiger partial charge is 0.406 e. The SMILES string of the molecule is COCCC(=O)N1CCC(C(=O)O)(C(F)(F)F)C1. The van der Waals surface area contributed by atoms with Crippen molar-refractivity contribution in [3.05, 3.63) is 0 Å². The van der Waals surface area contributed by atoms with Crippen molar-refractivity contribution in [3.8, 4) is 0 Å². The largest absolute Gasteiger partial charge is 0.481 e. The summed E-state index contributed by atoms with van der Waals surface area (Å²) in [4.78, 5) is 23.3. The van der Waals surface area contributed by atoms with Crippen LogP contribution in [0.5, 0.6) is 0 Å². The number of likely N-dealkylation sites (tertiary alicyclic amines) is 1. The van der Waals surface area contributed by atoms with Gasteiger partial charge < -0.3 is 14.7 Å². The van der Waals surface area contributed by atoms with Crippen molar-refractivity contribution in [2.45, 2.75) is 19.0 Å². The number of carbonyl (C=O) groups excluding carboxylic acids is 1. The van der Waals surface area contributed by atoms with E-state index in [0.29, 0.717) is 0 Å². The normalized spacial score (nSPS) is 24.3. The highest BCUT2D eigenvalue weighted by molar-refractivity contribution is 5.81. The molecule has 1 aliphatic rings. The first-order valence-corrected chi connectivity index (χ1v) is 5.31. The number of hydrogen-bond donors (Lipinski definition) is 1. The zero-order valence-electron chi connectivity index (χ0n) is 9.79. The highest BCUT2D eigenvalue weighted by Gasteiger charge is 2.64. The maximum atomic E-state index is 12.8. The Kier molecular flexibility index (Phi) is 4.20. The topological polar surface area (TPSA) is 66.8 Å². The van der Waals surface area contributed by atoms with Gasteiger partial charge in [0.25, 0.3) is 0 Å². The van der Waals surface area contributed by atoms with Crippen LogP contribution in [0, 0.1) is 5.41 Å². The molecule has 1 aliphatic heterocycles. The second kappa shape index (κ2) is 5.13. The van der Waals surface area contributed by atoms with Crippen molar-refractivity contribution in [2.75, 3.05) is 26.8 Å². The molecule has 0 aliphatic carbocycles. The highest BCUT2D eigenvalue weighted by Crippen LogP contribution is 2.45. The maximum absolute atomic E-state index is 12.8. The number of hydrogen-bond acceptors (Lipinski definition) is 3. The van der Waals surface area contributed by atoms with Gasteiger partial charge in [0.15, 0.2) is 5.41 Å². The lowest BCUT2D eigenvalue weighted by Crippen LogP contribution is -2.47. The van der Waals surface area contributed by atoms with Gasteiger partial charge in [-0.2, -0.15) is 13.2 Å². The lowest BCUT2D eigenvalue weighted by Gasteiger charge is -2.27. The van der Waals surface area contributed by atoms with E-state index in [4.69, 9.17) is 5.11 Å². The van der Waals surface area contributed by atoms with Gasteiger partial charge in [-0.1, -0.05) is 0 Å². The molecule has 0 spiro atoms. The Morgan fingerprint density at radius 2 is 2.06 bits per heavy atom. The lowest BCUT2D eigenvalue weighted by molar-refractivity contribution is -0.227. The van der Waals surface area contributed by atoms with Crippen molar-refractivity contribution in [1.29, 1.82) is 0 Å². The number of nitrogens with zero attached hydrogens (tertiary/aromatic N) is 1. The molecule has 1 saturated heterocycles. The van der Waals surface area contributed by atoms with Gasteiger partial charge in [0.05, 0.1) is 13.0 Å². The molecule has 5 nitrogen and oxygen atoms in total. The zero-order chi connectivity index (χ0) is 14.0. The molecule has 0 bridgehead atoms. The van der Waals surface area contributed by atoms with Crippen LogP contribution >= 0.6 is 0 Å². The number of methoxy groups -OCH3 is 1. The fourth-order valence-corrected chi connectivity index (χ4v) is 1.90. The van der Waals surface area contributed by atoms with Gasteiger partial charge in [-0.15, -0.1) is 0 Å². The van der Waals surface area contributed by atoms with Gasteiger partial charge in [-0.05, 0) is 6.42 Å². The second-order valence-corrected chi connectivity index (χ2v) is 4.19. The predicted octanol–water partition coefficient (Wildman–Crippen LogP) is 0.889. The summed E-state index contributed by atoms with van der Waals surface area (Å²) < 4.78 is 43.1. The van der Waals surface area contributed by atoms with E-state index in [1.54, 1.807) is 0 Å². The molecule has 1 amide bonds. The summed E-state index contributed by atoms with van der Waals surface area (Å²) >= 11 is 0. The van der Waals surface area contributed by atoms with E-state index >= 15 is 0 Å². The summed E-state index contributed by atoms with van der Waals surface area (Å²) in [7, 11) is 1.37. The second-order valence-electron chi connectivity index (χ2n) is 4.19. The van der Waals surface area contributed by atoms with E-state index in [1.807, 2.05) is 0 Å². The molecule has 1 unspecified atom stereocenters. The first-order valence-electron chi connectivity index (χ1n) is 5.31. The van der Waals surface area contributed by atoms with Crippen LogP contribution in [0.3, 0.4) is 0 Å². The molecule has 1 atom stereocenters. The molecule has 8 heteroatoms. The third kappa shape index (κ3) is 2.58. The number of amides is 1. The fourth-order valence-electron chi connectivity index (χ4n) is 1.90. The Morgan fingerprint density at radius 1 is 1.44 bits per heavy atom. The summed E-state index contributed by atoms with van der Waals surface area (Å²) in [6.07, 6.45) is -5.52. The average Bonchev–Trinajstić information content (AvgIpc) is 2.71. The fraction of sp³-hybridized carbons (Fsp3) is 0.800. The molecular weight excluding hydrogens is 255 g/mol. The van der Waals surface area contributed by atoms with E-state index in [2.05, 4.69) is 4.74 Å². The molecule has 0 aromatic carbocycles. The Balaban J connectivity index is 2.79. The predicted molar refractivity (Wildman–Crippen MR) is 53.8 cm³/mol. The molecule has 0 saturated carbocycles. The number of carbonyl (C=O) groups is 2. The molecule has 18 heavy (non-hydrogen) atoms. The number of halogens is 3. The Bertz CT molecular complexity index is 345. The van der Waals surface area contributed by atoms with Gasteiger partial charge in [0.1, 0.15) is 0 Å². The number of carboxylic acid groups (broad SMARTS) is 1. The van der Waals surface area contributed by atoms with Crippen LogP contribution in [0.2, 0.25) is 0 Å². The minimum absolute atomic E-state index is 0.0515. The van der Waals surface area contributed by atoms with Crippen molar-refractivity contribution in [3.63, 3.8) is 0 Å². The number of aliphatic carboxylic acids is 1. The van der Waals surface area contributed by atoms with Crippen LogP contribution in [-0.2, 0) is 14.3 Å². The molecule has 1 rings (SSSR count). The molecule has 0 radical (unpaired) electrons. The van der Waals surface area contributed by atoms with E-state index in [9.17, 15) is 22.8 Å². The molecule has 1 fully saturated rings. The molecule has 104 valence electrons. The molecule has 0 aromatic rings. The van der Waals surface area contributed by atoms with Crippen LogP contribution in [0.25, 0.3) is 0 Å². The van der Waals surface area contributed by atoms with Crippen LogP contribution in [-0.4, -0.2) is 54.9 Å². The Hall–Kier alpha value is -1.31. The average molecular weight is 269 g/mol. The molecule has 1 heterocycles. The van der Waals surface area contributed by atoms with Crippen molar-refractivity contribution in [2.24, 2.45) is 5.41 Å². The maximum Gasteiger partial charge on any atom is 0.406 e. The summed E-state index contributed by atoms with van der Waals surface area (Å²) in [6, 6.07) is 0. The van der Waals surface area contributed by atoms with E-state index in [0.717, 1.165) is 4.90 Å². The first-order chi connectivity index (χ1) is 8.24. The van der Waals surface area contributed by atoms with Crippen LogP contribution in [0.4, 0.5) is 13.2 Å². The molecular formula is C10H14F3NO4. The summed E-state index contributed by atoms with van der Waals surface area (Å²) in [5.74, 6) is -2.46. The summed E-state index contributed by atoms with van der Waals surface area (Å²) in [5, 5.41) is 8.79. The van der Waals surface area contributed by atoms with Crippen LogP contribution in [0.1, 0.15) is 12.8 Å². The van der Waals surface area contributed by atoms with E-state index in [-0.39, 0.29) is 19.6 Å².